The fourth-order valence-corrected chi connectivity index (χ4v) is 4.45. The zero-order chi connectivity index (χ0) is 21.8. The van der Waals surface area contributed by atoms with E-state index in [4.69, 9.17) is 0 Å². The molecule has 0 aromatic heterocycles. The minimum atomic E-state index is -5.59. The number of hydrogen-bond donors (Lipinski definition) is 0. The molecule has 0 atom stereocenters. The Balaban J connectivity index is 1.61. The van der Waals surface area contributed by atoms with Crippen LogP contribution in [0.15, 0.2) is 48.5 Å². The van der Waals surface area contributed by atoms with Gasteiger partial charge in [-0.15, -0.1) is 0 Å². The van der Waals surface area contributed by atoms with Crippen LogP contribution in [-0.2, 0) is 5.92 Å². The van der Waals surface area contributed by atoms with Crippen LogP contribution >= 0.6 is 0 Å². The van der Waals surface area contributed by atoms with Crippen molar-refractivity contribution in [2.24, 2.45) is 5.92 Å². The Morgan fingerprint density at radius 2 is 1.27 bits per heavy atom. The van der Waals surface area contributed by atoms with Crippen molar-refractivity contribution in [2.75, 3.05) is 0 Å². The van der Waals surface area contributed by atoms with Gasteiger partial charge in [0.1, 0.15) is 0 Å². The average Bonchev–Trinajstić information content (AvgIpc) is 2.74. The van der Waals surface area contributed by atoms with Gasteiger partial charge in [0, 0.05) is 5.56 Å². The second kappa shape index (κ2) is 9.49. The lowest BCUT2D eigenvalue weighted by atomic mass is 9.77. The van der Waals surface area contributed by atoms with Crippen LogP contribution in [0.25, 0.3) is 11.1 Å². The minimum absolute atomic E-state index is 0.550. The lowest BCUT2D eigenvalue weighted by Crippen LogP contribution is -2.33. The molecule has 0 saturated heterocycles. The molecule has 1 saturated carbocycles. The number of hydrogen-bond acceptors (Lipinski definition) is 0. The molecule has 3 rings (SSSR count). The Bertz CT molecular complexity index is 782. The number of rotatable bonds is 7. The highest BCUT2D eigenvalue weighted by Crippen LogP contribution is 2.44. The van der Waals surface area contributed by atoms with Crippen LogP contribution in [0.3, 0.4) is 0 Å². The highest BCUT2D eigenvalue weighted by atomic mass is 19.4. The predicted molar refractivity (Wildman–Crippen MR) is 111 cm³/mol. The zero-order valence-electron chi connectivity index (χ0n) is 17.3. The zero-order valence-corrected chi connectivity index (χ0v) is 17.3. The number of benzene rings is 2. The maximum Gasteiger partial charge on any atom is 0.458 e. The summed E-state index contributed by atoms with van der Waals surface area (Å²) >= 11 is 0. The monoisotopic (exact) mass is 424 g/mol. The summed E-state index contributed by atoms with van der Waals surface area (Å²) in [7, 11) is 0. The first-order chi connectivity index (χ1) is 14.2. The molecule has 2 aromatic carbocycles. The van der Waals surface area contributed by atoms with Crippen LogP contribution in [0.4, 0.5) is 22.0 Å². The van der Waals surface area contributed by atoms with Gasteiger partial charge in [-0.25, -0.2) is 0 Å². The quantitative estimate of drug-likeness (QED) is 0.307. The molecule has 0 spiro atoms. The molecule has 0 heterocycles. The molecule has 0 aliphatic heterocycles. The molecule has 164 valence electrons. The van der Waals surface area contributed by atoms with Crippen molar-refractivity contribution in [3.05, 3.63) is 59.7 Å². The van der Waals surface area contributed by atoms with Gasteiger partial charge in [0.25, 0.3) is 0 Å². The van der Waals surface area contributed by atoms with Crippen LogP contribution in [0.5, 0.6) is 0 Å². The average molecular weight is 424 g/mol. The molecular weight excluding hydrogens is 395 g/mol. The normalized spacial score (nSPS) is 20.3. The van der Waals surface area contributed by atoms with Gasteiger partial charge in [-0.05, 0) is 54.2 Å². The van der Waals surface area contributed by atoms with Crippen LogP contribution in [-0.4, -0.2) is 6.18 Å². The van der Waals surface area contributed by atoms with Crippen LogP contribution < -0.4 is 0 Å². The largest absolute Gasteiger partial charge is 0.458 e. The molecule has 0 N–H and O–H groups in total. The van der Waals surface area contributed by atoms with Gasteiger partial charge in [0.2, 0.25) is 0 Å². The van der Waals surface area contributed by atoms with Crippen molar-refractivity contribution in [3.63, 3.8) is 0 Å². The highest BCUT2D eigenvalue weighted by molar-refractivity contribution is 5.64. The van der Waals surface area contributed by atoms with E-state index >= 15 is 0 Å². The van der Waals surface area contributed by atoms with E-state index in [0.717, 1.165) is 23.6 Å². The van der Waals surface area contributed by atoms with Crippen molar-refractivity contribution in [1.82, 2.24) is 0 Å². The summed E-state index contributed by atoms with van der Waals surface area (Å²) in [6, 6.07) is 12.4. The van der Waals surface area contributed by atoms with Crippen molar-refractivity contribution in [1.29, 1.82) is 0 Å². The van der Waals surface area contributed by atoms with Gasteiger partial charge in [-0.1, -0.05) is 81.1 Å². The third-order valence-electron chi connectivity index (χ3n) is 6.38. The molecule has 5 heteroatoms. The van der Waals surface area contributed by atoms with E-state index in [1.807, 2.05) is 12.1 Å². The molecule has 0 unspecified atom stereocenters. The summed E-state index contributed by atoms with van der Waals surface area (Å²) in [5.41, 5.74) is 1.69. The van der Waals surface area contributed by atoms with Gasteiger partial charge >= 0.3 is 12.1 Å². The summed E-state index contributed by atoms with van der Waals surface area (Å²) in [5.74, 6) is -3.44. The molecule has 1 aliphatic rings. The second-order valence-electron chi connectivity index (χ2n) is 8.48. The van der Waals surface area contributed by atoms with Gasteiger partial charge in [0.15, 0.2) is 0 Å². The Morgan fingerprint density at radius 3 is 1.77 bits per heavy atom. The van der Waals surface area contributed by atoms with Crippen molar-refractivity contribution in [3.8, 4) is 11.1 Å². The summed E-state index contributed by atoms with van der Waals surface area (Å²) in [6.07, 6.45) is 4.57. The molecule has 30 heavy (non-hydrogen) atoms. The topological polar surface area (TPSA) is 0 Å². The minimum Gasteiger partial charge on any atom is -0.191 e. The fourth-order valence-electron chi connectivity index (χ4n) is 4.45. The number of unbranched alkanes of at least 4 members (excludes halogenated alkanes) is 2. The smallest absolute Gasteiger partial charge is 0.191 e. The number of alkyl halides is 5. The fraction of sp³-hybridized carbons (Fsp3) is 0.520. The molecular formula is C25H29F5. The standard InChI is InChI=1S/C25H29F5/c1-2-3-4-5-18-6-8-19(9-7-18)20-10-12-21(13-11-20)22-14-16-23(17-15-22)24(26,27)25(28,29)30/h10-19H,2-9H2,1H3. The third kappa shape index (κ3) is 5.22. The SMILES string of the molecule is CCCCCC1CCC(c2ccc(-c3ccc(C(F)(F)C(F)(F)F)cc3)cc2)CC1. The lowest BCUT2D eigenvalue weighted by molar-refractivity contribution is -0.289. The first-order valence-corrected chi connectivity index (χ1v) is 10.9. The third-order valence-corrected chi connectivity index (χ3v) is 6.38. The summed E-state index contributed by atoms with van der Waals surface area (Å²) in [6.45, 7) is 2.23. The van der Waals surface area contributed by atoms with E-state index in [1.165, 1.54) is 69.1 Å². The number of halogens is 5. The Kier molecular flexibility index (Phi) is 7.20. The molecule has 1 fully saturated rings. The van der Waals surface area contributed by atoms with Gasteiger partial charge in [-0.3, -0.25) is 0 Å². The van der Waals surface area contributed by atoms with E-state index in [0.29, 0.717) is 11.5 Å². The molecule has 0 amide bonds. The molecule has 0 bridgehead atoms. The molecule has 1 aliphatic carbocycles. The highest BCUT2D eigenvalue weighted by Gasteiger charge is 2.58. The van der Waals surface area contributed by atoms with Crippen LogP contribution in [0.2, 0.25) is 0 Å². The van der Waals surface area contributed by atoms with Gasteiger partial charge in [0.05, 0.1) is 0 Å². The molecule has 2 aromatic rings. The summed E-state index contributed by atoms with van der Waals surface area (Å²) < 4.78 is 64.4. The first-order valence-electron chi connectivity index (χ1n) is 10.9. The van der Waals surface area contributed by atoms with Crippen molar-refractivity contribution >= 4 is 0 Å². The van der Waals surface area contributed by atoms with Crippen LogP contribution in [0, 0.1) is 5.92 Å². The maximum absolute atomic E-state index is 13.4. The predicted octanol–water partition coefficient (Wildman–Crippen LogP) is 8.86. The Labute approximate surface area is 175 Å². The van der Waals surface area contributed by atoms with Crippen molar-refractivity contribution < 1.29 is 22.0 Å². The van der Waals surface area contributed by atoms with Gasteiger partial charge < -0.3 is 0 Å². The van der Waals surface area contributed by atoms with Gasteiger partial charge in [-0.2, -0.15) is 22.0 Å². The van der Waals surface area contributed by atoms with E-state index in [1.54, 1.807) is 0 Å². The molecule has 0 nitrogen and oxygen atoms in total. The summed E-state index contributed by atoms with van der Waals surface area (Å²) in [4.78, 5) is 0. The van der Waals surface area contributed by atoms with E-state index < -0.39 is 17.7 Å². The van der Waals surface area contributed by atoms with E-state index in [2.05, 4.69) is 19.1 Å². The Hall–Kier alpha value is -1.91. The maximum atomic E-state index is 13.4. The van der Waals surface area contributed by atoms with E-state index in [-0.39, 0.29) is 0 Å². The first kappa shape index (κ1) is 22.8. The lowest BCUT2D eigenvalue weighted by Gasteiger charge is -2.29. The second-order valence-corrected chi connectivity index (χ2v) is 8.48. The Morgan fingerprint density at radius 1 is 0.733 bits per heavy atom. The van der Waals surface area contributed by atoms with E-state index in [9.17, 15) is 22.0 Å². The van der Waals surface area contributed by atoms with Crippen LogP contribution in [0.1, 0.15) is 75.3 Å². The molecule has 0 radical (unpaired) electrons. The summed E-state index contributed by atoms with van der Waals surface area (Å²) in [5, 5.41) is 0. The van der Waals surface area contributed by atoms with Crippen molar-refractivity contribution in [2.45, 2.75) is 76.3 Å².